The van der Waals surface area contributed by atoms with Crippen molar-refractivity contribution in [1.82, 2.24) is 0 Å². The SMILES string of the molecule is COc1ccc(OC(=O)CC2CC3CCC2C3)c([N+](=O)[O-])c1. The maximum absolute atomic E-state index is 12.1. The average Bonchev–Trinajstić information content (AvgIpc) is 3.09. The number of methoxy groups -OCH3 is 1. The summed E-state index contributed by atoms with van der Waals surface area (Å²) < 4.78 is 10.2. The predicted octanol–water partition coefficient (Wildman–Crippen LogP) is 3.34. The van der Waals surface area contributed by atoms with Crippen LogP contribution in [0.1, 0.15) is 32.1 Å². The number of carbonyl (C=O) groups excluding carboxylic acids is 1. The summed E-state index contributed by atoms with van der Waals surface area (Å²) in [5.41, 5.74) is -0.249. The van der Waals surface area contributed by atoms with Crippen molar-refractivity contribution < 1.29 is 19.2 Å². The average molecular weight is 305 g/mol. The monoisotopic (exact) mass is 305 g/mol. The molecule has 0 amide bonds. The molecular weight excluding hydrogens is 286 g/mol. The second-order valence-electron chi connectivity index (χ2n) is 6.20. The number of nitrogens with zero attached hydrogens (tertiary/aromatic N) is 1. The van der Waals surface area contributed by atoms with Gasteiger partial charge in [-0.05, 0) is 49.1 Å². The highest BCUT2D eigenvalue weighted by Gasteiger charge is 2.40. The standard InChI is InChI=1S/C16H19NO5/c1-21-13-4-5-15(14(9-13)17(19)20)22-16(18)8-12-7-10-2-3-11(12)6-10/h4-5,9-12H,2-3,6-8H2,1H3. The minimum Gasteiger partial charge on any atom is -0.496 e. The van der Waals surface area contributed by atoms with E-state index >= 15 is 0 Å². The zero-order valence-electron chi connectivity index (χ0n) is 12.5. The third-order valence-electron chi connectivity index (χ3n) is 4.90. The second-order valence-corrected chi connectivity index (χ2v) is 6.20. The molecule has 2 aliphatic carbocycles. The van der Waals surface area contributed by atoms with E-state index in [9.17, 15) is 14.9 Å². The summed E-state index contributed by atoms with van der Waals surface area (Å²) in [5.74, 6) is 1.73. The molecule has 6 heteroatoms. The van der Waals surface area contributed by atoms with Gasteiger partial charge in [0.2, 0.25) is 5.75 Å². The lowest BCUT2D eigenvalue weighted by molar-refractivity contribution is -0.385. The lowest BCUT2D eigenvalue weighted by Gasteiger charge is -2.20. The Bertz CT molecular complexity index is 600. The normalized spacial score (nSPS) is 26.0. The van der Waals surface area contributed by atoms with Gasteiger partial charge < -0.3 is 9.47 Å². The van der Waals surface area contributed by atoms with Crippen molar-refractivity contribution in [3.63, 3.8) is 0 Å². The maximum Gasteiger partial charge on any atom is 0.315 e. The highest BCUT2D eigenvalue weighted by atomic mass is 16.6. The molecule has 0 aliphatic heterocycles. The van der Waals surface area contributed by atoms with Crippen molar-refractivity contribution in [2.45, 2.75) is 32.1 Å². The van der Waals surface area contributed by atoms with E-state index in [2.05, 4.69) is 0 Å². The highest BCUT2D eigenvalue weighted by molar-refractivity contribution is 5.74. The van der Waals surface area contributed by atoms with Gasteiger partial charge in [-0.2, -0.15) is 0 Å². The van der Waals surface area contributed by atoms with E-state index in [1.807, 2.05) is 0 Å². The Morgan fingerprint density at radius 3 is 2.77 bits per heavy atom. The summed E-state index contributed by atoms with van der Waals surface area (Å²) >= 11 is 0. The van der Waals surface area contributed by atoms with Gasteiger partial charge in [-0.25, -0.2) is 0 Å². The first kappa shape index (κ1) is 14.8. The number of rotatable bonds is 5. The van der Waals surface area contributed by atoms with Crippen LogP contribution in [0.3, 0.4) is 0 Å². The molecule has 3 unspecified atom stereocenters. The number of ether oxygens (including phenoxy) is 2. The molecule has 22 heavy (non-hydrogen) atoms. The van der Waals surface area contributed by atoms with Crippen LogP contribution >= 0.6 is 0 Å². The zero-order valence-corrected chi connectivity index (χ0v) is 12.5. The van der Waals surface area contributed by atoms with Crippen LogP contribution in [0.15, 0.2) is 18.2 Å². The van der Waals surface area contributed by atoms with Crippen molar-refractivity contribution in [2.24, 2.45) is 17.8 Å². The molecule has 2 saturated carbocycles. The molecule has 6 nitrogen and oxygen atoms in total. The lowest BCUT2D eigenvalue weighted by atomic mass is 9.86. The molecule has 3 atom stereocenters. The topological polar surface area (TPSA) is 78.7 Å². The van der Waals surface area contributed by atoms with Crippen LogP contribution in [-0.2, 0) is 4.79 Å². The molecule has 0 aromatic heterocycles. The van der Waals surface area contributed by atoms with Crippen molar-refractivity contribution in [1.29, 1.82) is 0 Å². The van der Waals surface area contributed by atoms with Crippen molar-refractivity contribution >= 4 is 11.7 Å². The second kappa shape index (κ2) is 5.94. The minimum atomic E-state index is -0.567. The molecule has 118 valence electrons. The minimum absolute atomic E-state index is 0.0149. The van der Waals surface area contributed by atoms with Crippen LogP contribution in [0.5, 0.6) is 11.5 Å². The highest BCUT2D eigenvalue weighted by Crippen LogP contribution is 2.49. The third-order valence-corrected chi connectivity index (χ3v) is 4.90. The Morgan fingerprint density at radius 2 is 2.18 bits per heavy atom. The molecule has 0 N–H and O–H groups in total. The van der Waals surface area contributed by atoms with Gasteiger partial charge in [-0.1, -0.05) is 6.42 Å². The van der Waals surface area contributed by atoms with E-state index in [1.54, 1.807) is 6.07 Å². The molecule has 1 aromatic carbocycles. The molecule has 0 heterocycles. The first-order chi connectivity index (χ1) is 10.6. The molecule has 0 saturated heterocycles. The van der Waals surface area contributed by atoms with Crippen LogP contribution in [0.25, 0.3) is 0 Å². The Kier molecular flexibility index (Phi) is 4.00. The fourth-order valence-corrected chi connectivity index (χ4v) is 3.86. The van der Waals surface area contributed by atoms with Crippen molar-refractivity contribution in [2.75, 3.05) is 7.11 Å². The van der Waals surface area contributed by atoms with Gasteiger partial charge in [0.05, 0.1) is 18.1 Å². The van der Waals surface area contributed by atoms with Gasteiger partial charge in [0, 0.05) is 6.42 Å². The lowest BCUT2D eigenvalue weighted by Crippen LogP contribution is -2.19. The number of esters is 1. The van der Waals surface area contributed by atoms with E-state index in [-0.39, 0.29) is 17.4 Å². The van der Waals surface area contributed by atoms with Gasteiger partial charge in [0.1, 0.15) is 5.75 Å². The number of hydrogen-bond acceptors (Lipinski definition) is 5. The molecule has 1 aromatic rings. The summed E-state index contributed by atoms with van der Waals surface area (Å²) in [7, 11) is 1.43. The molecule has 0 spiro atoms. The number of nitro benzene ring substituents is 1. The molecule has 2 aliphatic rings. The fraction of sp³-hybridized carbons (Fsp3) is 0.562. The van der Waals surface area contributed by atoms with Crippen LogP contribution in [0.2, 0.25) is 0 Å². The largest absolute Gasteiger partial charge is 0.496 e. The van der Waals surface area contributed by atoms with Crippen LogP contribution in [0.4, 0.5) is 5.69 Å². The molecule has 3 rings (SSSR count). The van der Waals surface area contributed by atoms with Crippen molar-refractivity contribution in [3.05, 3.63) is 28.3 Å². The molecular formula is C16H19NO5. The number of nitro groups is 1. The maximum atomic E-state index is 12.1. The van der Waals surface area contributed by atoms with Gasteiger partial charge >= 0.3 is 11.7 Å². The van der Waals surface area contributed by atoms with E-state index in [0.717, 1.165) is 12.3 Å². The molecule has 0 radical (unpaired) electrons. The van der Waals surface area contributed by atoms with E-state index < -0.39 is 4.92 Å². The van der Waals surface area contributed by atoms with E-state index in [4.69, 9.17) is 9.47 Å². The predicted molar refractivity (Wildman–Crippen MR) is 78.8 cm³/mol. The Morgan fingerprint density at radius 1 is 1.36 bits per heavy atom. The Hall–Kier alpha value is -2.11. The van der Waals surface area contributed by atoms with E-state index in [0.29, 0.717) is 24.0 Å². The Balaban J connectivity index is 1.67. The van der Waals surface area contributed by atoms with Crippen molar-refractivity contribution in [3.8, 4) is 11.5 Å². The number of benzene rings is 1. The van der Waals surface area contributed by atoms with Gasteiger partial charge in [0.25, 0.3) is 0 Å². The number of carbonyl (C=O) groups is 1. The molecule has 2 bridgehead atoms. The first-order valence-electron chi connectivity index (χ1n) is 7.60. The summed E-state index contributed by atoms with van der Waals surface area (Å²) in [5, 5.41) is 11.1. The number of hydrogen-bond donors (Lipinski definition) is 0. The van der Waals surface area contributed by atoms with Crippen LogP contribution < -0.4 is 9.47 Å². The van der Waals surface area contributed by atoms with Gasteiger partial charge in [0.15, 0.2) is 0 Å². The van der Waals surface area contributed by atoms with Gasteiger partial charge in [-0.3, -0.25) is 14.9 Å². The summed E-state index contributed by atoms with van der Waals surface area (Å²) in [6, 6.07) is 4.23. The fourth-order valence-electron chi connectivity index (χ4n) is 3.86. The summed E-state index contributed by atoms with van der Waals surface area (Å²) in [6.07, 6.45) is 5.14. The third kappa shape index (κ3) is 2.91. The summed E-state index contributed by atoms with van der Waals surface area (Å²) in [4.78, 5) is 22.6. The molecule has 2 fully saturated rings. The van der Waals surface area contributed by atoms with E-state index in [1.165, 1.54) is 38.5 Å². The zero-order chi connectivity index (χ0) is 15.7. The smallest absolute Gasteiger partial charge is 0.315 e. The van der Waals surface area contributed by atoms with Crippen LogP contribution in [0, 0.1) is 27.9 Å². The number of fused-ring (bicyclic) bond motifs is 2. The summed E-state index contributed by atoms with van der Waals surface area (Å²) in [6.45, 7) is 0. The quantitative estimate of drug-likeness (QED) is 0.361. The Labute approximate surface area is 128 Å². The first-order valence-corrected chi connectivity index (χ1v) is 7.60. The van der Waals surface area contributed by atoms with Gasteiger partial charge in [-0.15, -0.1) is 0 Å². The van der Waals surface area contributed by atoms with Crippen LogP contribution in [-0.4, -0.2) is 18.0 Å².